The topological polar surface area (TPSA) is 841 Å². The van der Waals surface area contributed by atoms with E-state index in [0.29, 0.717) is 56.5 Å². The molecule has 0 spiro atoms. The van der Waals surface area contributed by atoms with Crippen LogP contribution >= 0.6 is 50.7 Å². The van der Waals surface area contributed by atoms with Crippen molar-refractivity contribution in [3.63, 3.8) is 0 Å². The third-order valence-corrected chi connectivity index (χ3v) is 21.6. The molecule has 20 atom stereocenters. The number of aryl methyl sites for hydroxylation is 4. The van der Waals surface area contributed by atoms with E-state index in [4.69, 9.17) is 94.7 Å². The number of carbonyl (C=O) groups is 1. The second-order valence-electron chi connectivity index (χ2n) is 27.3. The SMILES string of the molecule is COc1nc(C)nc2c1ncn2[C@@H]1O[C@H](COP(=O)(O)O)[C@@H](O)[C@H]1O.Cc1nc(Cl)c2ncn([C@@H]3O[C@H](COP(=O)(O)O)[C@@H](O)[C@H]3O)c2n1.Cc1nc2c(c(=O)[nH]1)CC(=O)N2[C@@H]1O[C@H](COP(=O)(O)O)[C@@H](O)[C@H]1O.Cc1nc2c(ncn2[C@@H]2O[C@H](COP(=O)(O)O)[C@@H](O)[C@H]2O)c(=O)n1C.Nc1ccnc2c1ccn2[C@@H]1O[C@H](COP(=O)(O)O)[C@@H](O)[C@H]1O. The number of amides is 1. The molecule has 9 aromatic rings. The number of aromatic amines is 1. The Morgan fingerprint density at radius 2 is 0.844 bits per heavy atom. The number of aromatic nitrogens is 16. The number of halogens is 1. The highest BCUT2D eigenvalue weighted by Gasteiger charge is 2.53. The van der Waals surface area contributed by atoms with Gasteiger partial charge in [0.25, 0.3) is 11.1 Å². The molecule has 15 rings (SSSR count). The number of aliphatic hydroxyl groups is 10. The van der Waals surface area contributed by atoms with Crippen molar-refractivity contribution in [2.45, 2.75) is 157 Å². The number of carbonyl (C=O) groups excluding carboxylic acids is 1. The van der Waals surface area contributed by atoms with Crippen molar-refractivity contribution in [1.82, 2.24) is 77.7 Å². The number of hydrogen-bond donors (Lipinski definition) is 22. The van der Waals surface area contributed by atoms with E-state index in [1.807, 2.05) is 0 Å². The van der Waals surface area contributed by atoms with Gasteiger partial charge in [-0.2, -0.15) is 4.98 Å². The number of methoxy groups -OCH3 is 1. The van der Waals surface area contributed by atoms with Crippen LogP contribution in [0.1, 0.15) is 53.8 Å². The van der Waals surface area contributed by atoms with Crippen LogP contribution in [0.4, 0.5) is 11.5 Å². The van der Waals surface area contributed by atoms with Crippen LogP contribution in [0.25, 0.3) is 44.5 Å². The zero-order valence-electron chi connectivity index (χ0n) is 63.4. The largest absolute Gasteiger partial charge is 0.479 e. The smallest absolute Gasteiger partial charge is 0.469 e. The summed E-state index contributed by atoms with van der Waals surface area (Å²) in [4.78, 5) is 168. The van der Waals surface area contributed by atoms with Crippen molar-refractivity contribution >= 4 is 113 Å². The molecule has 6 aliphatic rings. The molecule has 0 aliphatic carbocycles. The van der Waals surface area contributed by atoms with Gasteiger partial charge >= 0.3 is 39.1 Å². The van der Waals surface area contributed by atoms with Gasteiger partial charge in [0.15, 0.2) is 64.3 Å². The molecular weight excluding hydrogens is 1780 g/mol. The van der Waals surface area contributed by atoms with Crippen LogP contribution in [-0.4, -0.2) is 321 Å². The Kier molecular flexibility index (Phi) is 29.2. The normalized spacial score (nSPS) is 28.0. The molecule has 0 aromatic carbocycles. The summed E-state index contributed by atoms with van der Waals surface area (Å²) < 4.78 is 115. The fourth-order valence-electron chi connectivity index (χ4n) is 13.0. The van der Waals surface area contributed by atoms with Crippen LogP contribution in [0.3, 0.4) is 0 Å². The van der Waals surface area contributed by atoms with Crippen molar-refractivity contribution in [3.8, 4) is 5.88 Å². The zero-order chi connectivity index (χ0) is 89.8. The molecule has 15 heterocycles. The van der Waals surface area contributed by atoms with E-state index < -0.39 is 206 Å². The molecule has 23 N–H and O–H groups in total. The van der Waals surface area contributed by atoms with Gasteiger partial charge in [-0.05, 0) is 39.8 Å². The average molecular weight is 1860 g/mol. The fourth-order valence-corrected chi connectivity index (χ4v) is 15.0. The third-order valence-electron chi connectivity index (χ3n) is 18.9. The Bertz CT molecular complexity index is 5680. The van der Waals surface area contributed by atoms with E-state index in [1.54, 1.807) is 46.1 Å². The molecule has 672 valence electrons. The molecule has 0 bridgehead atoms. The molecule has 63 heteroatoms. The lowest BCUT2D eigenvalue weighted by atomic mass is 10.1. The number of fused-ring (bicyclic) bond motifs is 5. The predicted molar refractivity (Wildman–Crippen MR) is 398 cm³/mol. The quantitative estimate of drug-likeness (QED) is 0.0235. The van der Waals surface area contributed by atoms with E-state index >= 15 is 0 Å². The number of ether oxygens (including phenoxy) is 6. The maximum Gasteiger partial charge on any atom is 0.469 e. The molecule has 6 aliphatic heterocycles. The van der Waals surface area contributed by atoms with Gasteiger partial charge in [-0.25, -0.2) is 67.7 Å². The van der Waals surface area contributed by atoms with Crippen molar-refractivity contribution in [1.29, 1.82) is 0 Å². The number of imidazole rings is 3. The van der Waals surface area contributed by atoms with E-state index in [-0.39, 0.29) is 51.4 Å². The minimum atomic E-state index is -4.80. The Balaban J connectivity index is 0.000000149. The second kappa shape index (κ2) is 37.5. The number of hydrogen-bond acceptors (Lipinski definition) is 40. The van der Waals surface area contributed by atoms with Crippen molar-refractivity contribution in [2.75, 3.05) is 50.8 Å². The number of nitrogens with zero attached hydrogens (tertiary/aromatic N) is 16. The molecular formula is C59H80ClN18O39P5. The number of nitrogen functional groups attached to an aromatic ring is 1. The summed E-state index contributed by atoms with van der Waals surface area (Å²) in [5.41, 5.74) is 7.50. The van der Waals surface area contributed by atoms with Crippen LogP contribution in [0.2, 0.25) is 5.15 Å². The van der Waals surface area contributed by atoms with Crippen LogP contribution < -0.4 is 26.5 Å². The molecule has 0 saturated carbocycles. The number of phosphoric acid groups is 5. The standard InChI is InChI=1S/2C12H17N4O8P.C12H16N3O9P.C12H16N3O7P.C11H14ClN4O7P/c1-5-14-10-7(11(15-5)22-2)13-4-16(10)12-9(18)8(17)6(24-12)3-23-25(19,20)21;1-5-14-10-7(11(19)15(5)2)13-4-16(10)12-9(18)8(17)6(24-12)3-23-25(20,21)22;1-4-13-10-5(11(19)14-4)2-7(16)15(10)12-9(18)8(17)6(24-12)3-23-25(20,21)22;13-7-1-3-14-11-6(7)2-4-15(11)12-10(17)9(16)8(22-12)5-21-23(18,19)20;1-4-14-9(12)6-10(15-4)16(3-13-6)11-8(18)7(17)5(23-11)2-22-24(19,20)21/h4,6,8-9,12,17-18H,3H2,1-2H3,(H2,19,20,21);4,6,8-9,12,17-18H,3H2,1-2H3,(H2,20,21,22);6,8-9,12,17-18H,2-3H2,1H3,(H,13,14,19)(H2,20,21,22);1-4,8-10,12,16-17H,5H2,(H2,13,14)(H2,18,19,20);3,5,7-8,11,17-18H,2H2,1H3,(H2,19,20,21)/t3*6-,8-,9-,12-;8-,9-,10-,12-;5-,7-,8-,11-/m11111/s1. The summed E-state index contributed by atoms with van der Waals surface area (Å²) in [7, 11) is -20.7. The Morgan fingerprint density at radius 3 is 1.26 bits per heavy atom. The fraction of sp³-hybridized carbons (Fsp3) is 0.542. The number of nitrogens with two attached hydrogens (primary N) is 1. The van der Waals surface area contributed by atoms with Crippen molar-refractivity contribution in [3.05, 3.63) is 98.2 Å². The van der Waals surface area contributed by atoms with Gasteiger partial charge in [0.05, 0.1) is 71.1 Å². The minimum absolute atomic E-state index is 0.0130. The Morgan fingerprint density at radius 1 is 0.475 bits per heavy atom. The average Bonchev–Trinajstić information content (AvgIpc) is 1.62. The van der Waals surface area contributed by atoms with Crippen LogP contribution in [0, 0.1) is 27.7 Å². The number of rotatable bonds is 21. The summed E-state index contributed by atoms with van der Waals surface area (Å²) in [6.45, 7) is 3.33. The molecule has 9 aromatic heterocycles. The number of aliphatic hydroxyl groups excluding tert-OH is 10. The lowest BCUT2D eigenvalue weighted by Gasteiger charge is -2.26. The molecule has 0 radical (unpaired) electrons. The zero-order valence-corrected chi connectivity index (χ0v) is 68.6. The number of phosphoric ester groups is 5. The van der Waals surface area contributed by atoms with Gasteiger partial charge in [0.2, 0.25) is 11.8 Å². The molecule has 1 amide bonds. The summed E-state index contributed by atoms with van der Waals surface area (Å²) in [6, 6.07) is 3.32. The summed E-state index contributed by atoms with van der Waals surface area (Å²) in [6.07, 6.45) is -19.1. The van der Waals surface area contributed by atoms with Gasteiger partial charge in [-0.1, -0.05) is 11.6 Å². The van der Waals surface area contributed by atoms with E-state index in [9.17, 15) is 88.3 Å². The first-order valence-electron chi connectivity index (χ1n) is 35.1. The van der Waals surface area contributed by atoms with Crippen LogP contribution in [-0.2, 0) is 87.4 Å². The number of pyridine rings is 1. The lowest BCUT2D eigenvalue weighted by Crippen LogP contribution is -2.46. The number of nitrogens with one attached hydrogen (secondary N) is 1. The van der Waals surface area contributed by atoms with E-state index in [2.05, 4.69) is 77.4 Å². The molecule has 0 unspecified atom stereocenters. The van der Waals surface area contributed by atoms with Crippen LogP contribution in [0.15, 0.2) is 53.1 Å². The summed E-state index contributed by atoms with van der Waals surface area (Å²) in [5.74, 6) is 1.14. The van der Waals surface area contributed by atoms with E-state index in [0.717, 1.165) is 4.90 Å². The molecule has 57 nitrogen and oxygen atoms in total. The number of H-pyrrole nitrogens is 1. The molecule has 122 heavy (non-hydrogen) atoms. The summed E-state index contributed by atoms with van der Waals surface area (Å²) >= 11 is 5.99. The van der Waals surface area contributed by atoms with Gasteiger partial charge in [0.1, 0.15) is 132 Å². The highest BCUT2D eigenvalue weighted by molar-refractivity contribution is 7.47. The summed E-state index contributed by atoms with van der Waals surface area (Å²) in [5, 5.41) is 102. The maximum atomic E-state index is 12.3. The van der Waals surface area contributed by atoms with Gasteiger partial charge in [-0.3, -0.25) is 60.2 Å². The van der Waals surface area contributed by atoms with Gasteiger partial charge in [-0.15, -0.1) is 0 Å². The van der Waals surface area contributed by atoms with Crippen molar-refractivity contribution in [2.24, 2.45) is 7.05 Å². The predicted octanol–water partition coefficient (Wildman–Crippen LogP) is -6.57. The maximum absolute atomic E-state index is 12.3. The molecule has 5 fully saturated rings. The van der Waals surface area contributed by atoms with E-state index in [1.165, 1.54) is 62.0 Å². The van der Waals surface area contributed by atoms with Crippen LogP contribution in [0.5, 0.6) is 5.88 Å². The van der Waals surface area contributed by atoms with Crippen molar-refractivity contribution < 1.29 is 179 Å². The first-order chi connectivity index (χ1) is 56.8. The monoisotopic (exact) mass is 1850 g/mol. The van der Waals surface area contributed by atoms with Gasteiger partial charge in [0, 0.05) is 30.5 Å². The second-order valence-corrected chi connectivity index (χ2v) is 33.8. The minimum Gasteiger partial charge on any atom is -0.479 e. The van der Waals surface area contributed by atoms with Gasteiger partial charge < -0.3 is 144 Å². The lowest BCUT2D eigenvalue weighted by molar-refractivity contribution is -0.121. The highest BCUT2D eigenvalue weighted by Crippen LogP contribution is 2.45. The number of anilines is 2. The first kappa shape index (κ1) is 95.0. The Hall–Kier alpha value is -7.67. The third kappa shape index (κ3) is 21.5. The highest BCUT2D eigenvalue weighted by atomic mass is 35.5. The molecule has 5 saturated heterocycles. The Labute approximate surface area is 685 Å². The first-order valence-corrected chi connectivity index (χ1v) is 43.1.